The van der Waals surface area contributed by atoms with Crippen molar-refractivity contribution >= 4 is 39.2 Å². The largest absolute Gasteiger partial charge is 0.369 e. The standard InChI is InChI=1S/C14H21N5OS/c1-8-7-9-11(17-13(15)18-12(9)21-8)16-6-5-10(20)19-14(2,3)4/h7H,5-6H2,1-4H3,(H,19,20)(H3,15,16,17,18). The van der Waals surface area contributed by atoms with Gasteiger partial charge >= 0.3 is 0 Å². The van der Waals surface area contributed by atoms with Crippen molar-refractivity contribution in [2.45, 2.75) is 39.7 Å². The van der Waals surface area contributed by atoms with Gasteiger partial charge in [-0.1, -0.05) is 0 Å². The lowest BCUT2D eigenvalue weighted by Crippen LogP contribution is -2.41. The number of hydrogen-bond acceptors (Lipinski definition) is 6. The highest BCUT2D eigenvalue weighted by Gasteiger charge is 2.14. The summed E-state index contributed by atoms with van der Waals surface area (Å²) in [6, 6.07) is 2.02. The van der Waals surface area contributed by atoms with Crippen LogP contribution in [0.25, 0.3) is 10.2 Å². The summed E-state index contributed by atoms with van der Waals surface area (Å²) in [5.41, 5.74) is 5.50. The third kappa shape index (κ3) is 4.29. The van der Waals surface area contributed by atoms with E-state index in [1.54, 1.807) is 11.3 Å². The molecule has 6 nitrogen and oxygen atoms in total. The third-order valence-electron chi connectivity index (χ3n) is 2.69. The van der Waals surface area contributed by atoms with Crippen LogP contribution in [0, 0.1) is 6.92 Å². The molecule has 21 heavy (non-hydrogen) atoms. The Bertz CT molecular complexity index is 659. The number of hydrogen-bond donors (Lipinski definition) is 3. The number of nitrogens with two attached hydrogens (primary N) is 1. The van der Waals surface area contributed by atoms with E-state index >= 15 is 0 Å². The maximum atomic E-state index is 11.8. The average Bonchev–Trinajstić information content (AvgIpc) is 2.66. The molecule has 0 radical (unpaired) electrons. The molecule has 2 aromatic rings. The maximum absolute atomic E-state index is 11.8. The second-order valence-corrected chi connectivity index (χ2v) is 7.22. The molecule has 2 rings (SSSR count). The molecule has 2 heterocycles. The third-order valence-corrected chi connectivity index (χ3v) is 3.64. The fraction of sp³-hybridized carbons (Fsp3) is 0.500. The van der Waals surface area contributed by atoms with Crippen molar-refractivity contribution in [3.8, 4) is 0 Å². The van der Waals surface area contributed by atoms with E-state index in [0.717, 1.165) is 15.1 Å². The van der Waals surface area contributed by atoms with Crippen molar-refractivity contribution < 1.29 is 4.79 Å². The Hall–Kier alpha value is -1.89. The molecule has 0 fully saturated rings. The number of rotatable bonds is 4. The molecular formula is C14H21N5OS. The molecule has 0 bridgehead atoms. The van der Waals surface area contributed by atoms with Gasteiger partial charge in [0.15, 0.2) is 0 Å². The first kappa shape index (κ1) is 15.5. The zero-order valence-electron chi connectivity index (χ0n) is 12.8. The number of nitrogens with zero attached hydrogens (tertiary/aromatic N) is 2. The molecule has 4 N–H and O–H groups in total. The number of aromatic nitrogens is 2. The minimum Gasteiger partial charge on any atom is -0.369 e. The predicted octanol–water partition coefficient (Wildman–Crippen LogP) is 2.30. The van der Waals surface area contributed by atoms with Gasteiger partial charge < -0.3 is 16.4 Å². The Morgan fingerprint density at radius 2 is 2.10 bits per heavy atom. The van der Waals surface area contributed by atoms with E-state index in [9.17, 15) is 4.79 Å². The number of carbonyl (C=O) groups is 1. The molecule has 0 aliphatic rings. The van der Waals surface area contributed by atoms with Gasteiger partial charge in [0.1, 0.15) is 10.6 Å². The van der Waals surface area contributed by atoms with Crippen LogP contribution in [-0.4, -0.2) is 28.0 Å². The van der Waals surface area contributed by atoms with E-state index in [1.165, 1.54) is 0 Å². The van der Waals surface area contributed by atoms with Crippen molar-refractivity contribution in [3.05, 3.63) is 10.9 Å². The SMILES string of the molecule is Cc1cc2c(NCCC(=O)NC(C)(C)C)nc(N)nc2s1. The van der Waals surface area contributed by atoms with E-state index in [-0.39, 0.29) is 17.4 Å². The first-order chi connectivity index (χ1) is 9.74. The van der Waals surface area contributed by atoms with Gasteiger partial charge in [0.05, 0.1) is 5.39 Å². The van der Waals surface area contributed by atoms with Gasteiger partial charge in [0.25, 0.3) is 0 Å². The zero-order valence-corrected chi connectivity index (χ0v) is 13.6. The second-order valence-electron chi connectivity index (χ2n) is 5.98. The Morgan fingerprint density at radius 3 is 2.76 bits per heavy atom. The van der Waals surface area contributed by atoms with Crippen LogP contribution in [-0.2, 0) is 4.79 Å². The summed E-state index contributed by atoms with van der Waals surface area (Å²) in [6.07, 6.45) is 0.381. The van der Waals surface area contributed by atoms with Crippen LogP contribution in [0.15, 0.2) is 6.07 Å². The van der Waals surface area contributed by atoms with E-state index in [1.807, 2.05) is 33.8 Å². The number of thiophene rings is 1. The summed E-state index contributed by atoms with van der Waals surface area (Å²) in [7, 11) is 0. The van der Waals surface area contributed by atoms with Crippen molar-refractivity contribution in [1.82, 2.24) is 15.3 Å². The van der Waals surface area contributed by atoms with Gasteiger partial charge in [0, 0.05) is 23.4 Å². The second kappa shape index (κ2) is 5.85. The van der Waals surface area contributed by atoms with Crippen molar-refractivity contribution in [1.29, 1.82) is 0 Å². The molecule has 0 aliphatic carbocycles. The van der Waals surface area contributed by atoms with Crippen molar-refractivity contribution in [2.24, 2.45) is 0 Å². The van der Waals surface area contributed by atoms with E-state index in [0.29, 0.717) is 18.8 Å². The Kier molecular flexibility index (Phi) is 4.32. The number of nitrogen functional groups attached to an aromatic ring is 1. The monoisotopic (exact) mass is 307 g/mol. The minimum absolute atomic E-state index is 0.00905. The number of anilines is 2. The molecule has 7 heteroatoms. The summed E-state index contributed by atoms with van der Waals surface area (Å²) in [4.78, 5) is 22.2. The van der Waals surface area contributed by atoms with Gasteiger partial charge in [-0.15, -0.1) is 11.3 Å². The Morgan fingerprint density at radius 1 is 1.38 bits per heavy atom. The fourth-order valence-electron chi connectivity index (χ4n) is 1.97. The molecule has 0 aromatic carbocycles. The van der Waals surface area contributed by atoms with Crippen LogP contribution in [0.3, 0.4) is 0 Å². The number of carbonyl (C=O) groups excluding carboxylic acids is 1. The topological polar surface area (TPSA) is 92.9 Å². The molecule has 0 saturated carbocycles. The predicted molar refractivity (Wildman–Crippen MR) is 87.6 cm³/mol. The van der Waals surface area contributed by atoms with E-state index in [4.69, 9.17) is 5.73 Å². The Balaban J connectivity index is 2.02. The van der Waals surface area contributed by atoms with Crippen molar-refractivity contribution in [3.63, 3.8) is 0 Å². The Labute approximate surface area is 128 Å². The molecule has 1 amide bonds. The van der Waals surface area contributed by atoms with Crippen LogP contribution >= 0.6 is 11.3 Å². The van der Waals surface area contributed by atoms with Gasteiger partial charge in [-0.25, -0.2) is 4.98 Å². The highest BCUT2D eigenvalue weighted by Crippen LogP contribution is 2.28. The lowest BCUT2D eigenvalue weighted by Gasteiger charge is -2.20. The van der Waals surface area contributed by atoms with Gasteiger partial charge in [-0.05, 0) is 33.8 Å². The highest BCUT2D eigenvalue weighted by atomic mass is 32.1. The summed E-state index contributed by atoms with van der Waals surface area (Å²) in [5, 5.41) is 7.04. The van der Waals surface area contributed by atoms with Crippen LogP contribution < -0.4 is 16.4 Å². The molecule has 0 unspecified atom stereocenters. The average molecular weight is 307 g/mol. The number of amides is 1. The maximum Gasteiger partial charge on any atom is 0.223 e. The van der Waals surface area contributed by atoms with Crippen LogP contribution in [0.1, 0.15) is 32.1 Å². The lowest BCUT2D eigenvalue weighted by molar-refractivity contribution is -0.122. The minimum atomic E-state index is -0.214. The first-order valence-electron chi connectivity index (χ1n) is 6.83. The van der Waals surface area contributed by atoms with Gasteiger partial charge in [-0.2, -0.15) is 4.98 Å². The molecule has 0 aliphatic heterocycles. The van der Waals surface area contributed by atoms with E-state index in [2.05, 4.69) is 20.6 Å². The summed E-state index contributed by atoms with van der Waals surface area (Å²) < 4.78 is 0. The summed E-state index contributed by atoms with van der Waals surface area (Å²) in [6.45, 7) is 8.40. The number of nitrogens with one attached hydrogen (secondary N) is 2. The molecule has 0 saturated heterocycles. The molecular weight excluding hydrogens is 286 g/mol. The normalized spacial score (nSPS) is 11.6. The first-order valence-corrected chi connectivity index (χ1v) is 7.65. The summed E-state index contributed by atoms with van der Waals surface area (Å²) in [5.74, 6) is 0.936. The molecule has 0 spiro atoms. The number of aryl methyl sites for hydroxylation is 1. The smallest absolute Gasteiger partial charge is 0.223 e. The zero-order chi connectivity index (χ0) is 15.6. The fourth-order valence-corrected chi connectivity index (χ4v) is 2.85. The molecule has 2 aromatic heterocycles. The van der Waals surface area contributed by atoms with Gasteiger partial charge in [0.2, 0.25) is 11.9 Å². The van der Waals surface area contributed by atoms with Crippen LogP contribution in [0.4, 0.5) is 11.8 Å². The molecule has 114 valence electrons. The molecule has 0 atom stereocenters. The highest BCUT2D eigenvalue weighted by molar-refractivity contribution is 7.18. The van der Waals surface area contributed by atoms with Crippen LogP contribution in [0.5, 0.6) is 0 Å². The lowest BCUT2D eigenvalue weighted by atomic mass is 10.1. The quantitative estimate of drug-likeness (QED) is 0.806. The summed E-state index contributed by atoms with van der Waals surface area (Å²) >= 11 is 1.58. The van der Waals surface area contributed by atoms with E-state index < -0.39 is 0 Å². The van der Waals surface area contributed by atoms with Crippen molar-refractivity contribution in [2.75, 3.05) is 17.6 Å². The number of fused-ring (bicyclic) bond motifs is 1. The van der Waals surface area contributed by atoms with Crippen LogP contribution in [0.2, 0.25) is 0 Å². The van der Waals surface area contributed by atoms with Gasteiger partial charge in [-0.3, -0.25) is 4.79 Å².